The molecule has 0 saturated heterocycles. The third-order valence-electron chi connectivity index (χ3n) is 4.16. The molecule has 21 heavy (non-hydrogen) atoms. The molecule has 1 aromatic carbocycles. The maximum Gasteiger partial charge on any atom is 0.106 e. The first-order valence-electron chi connectivity index (χ1n) is 7.80. The van der Waals surface area contributed by atoms with Crippen LogP contribution in [-0.4, -0.2) is 27.2 Å². The Hall–Kier alpha value is -1.39. The van der Waals surface area contributed by atoms with E-state index in [0.717, 1.165) is 35.4 Å². The average Bonchev–Trinajstić information content (AvgIpc) is 2.73. The molecule has 1 aromatic heterocycles. The van der Waals surface area contributed by atoms with Crippen molar-refractivity contribution in [2.45, 2.75) is 46.3 Å². The molecular weight excluding hydrogens is 262 g/mol. The van der Waals surface area contributed by atoms with Gasteiger partial charge in [-0.25, -0.2) is 4.98 Å². The van der Waals surface area contributed by atoms with Crippen LogP contribution < -0.4 is 5.32 Å². The van der Waals surface area contributed by atoms with E-state index in [9.17, 15) is 5.11 Å². The summed E-state index contributed by atoms with van der Waals surface area (Å²) in [4.78, 5) is 4.55. The van der Waals surface area contributed by atoms with E-state index in [4.69, 9.17) is 0 Å². The summed E-state index contributed by atoms with van der Waals surface area (Å²) >= 11 is 0. The fourth-order valence-corrected chi connectivity index (χ4v) is 2.75. The summed E-state index contributed by atoms with van der Waals surface area (Å²) in [6.45, 7) is 9.33. The van der Waals surface area contributed by atoms with Crippen LogP contribution in [0.1, 0.15) is 44.7 Å². The van der Waals surface area contributed by atoms with E-state index in [-0.39, 0.29) is 6.04 Å². The highest BCUT2D eigenvalue weighted by atomic mass is 16.3. The van der Waals surface area contributed by atoms with Crippen molar-refractivity contribution >= 4 is 11.0 Å². The maximum atomic E-state index is 10.7. The van der Waals surface area contributed by atoms with Crippen molar-refractivity contribution in [3.8, 4) is 0 Å². The Labute approximate surface area is 127 Å². The lowest BCUT2D eigenvalue weighted by Crippen LogP contribution is -2.39. The van der Waals surface area contributed by atoms with Crippen LogP contribution in [0.3, 0.4) is 0 Å². The van der Waals surface area contributed by atoms with Crippen molar-refractivity contribution in [2.75, 3.05) is 6.54 Å². The Bertz CT molecular complexity index is 603. The van der Waals surface area contributed by atoms with Gasteiger partial charge < -0.3 is 15.0 Å². The molecule has 2 unspecified atom stereocenters. The summed E-state index contributed by atoms with van der Waals surface area (Å²) in [7, 11) is 2.01. The fourth-order valence-electron chi connectivity index (χ4n) is 2.75. The number of nitrogens with one attached hydrogen (secondary N) is 1. The topological polar surface area (TPSA) is 50.1 Å². The Morgan fingerprint density at radius 1 is 1.33 bits per heavy atom. The van der Waals surface area contributed by atoms with E-state index in [1.807, 2.05) is 32.2 Å². The lowest BCUT2D eigenvalue weighted by Gasteiger charge is -2.28. The number of rotatable bonds is 6. The van der Waals surface area contributed by atoms with Crippen LogP contribution in [0.2, 0.25) is 0 Å². The minimum absolute atomic E-state index is 0.0622. The lowest BCUT2D eigenvalue weighted by molar-refractivity contribution is 0.105. The molecule has 0 aliphatic carbocycles. The molecule has 0 aliphatic rings. The van der Waals surface area contributed by atoms with E-state index in [1.165, 1.54) is 0 Å². The van der Waals surface area contributed by atoms with Gasteiger partial charge in [0.05, 0.1) is 17.1 Å². The molecule has 1 heterocycles. The van der Waals surface area contributed by atoms with Crippen LogP contribution in [-0.2, 0) is 7.05 Å². The molecule has 0 radical (unpaired) electrons. The van der Waals surface area contributed by atoms with Crippen molar-refractivity contribution in [1.82, 2.24) is 14.9 Å². The number of aliphatic hydroxyl groups excluding tert-OH is 1. The Morgan fingerprint density at radius 3 is 2.67 bits per heavy atom. The molecule has 2 atom stereocenters. The van der Waals surface area contributed by atoms with Gasteiger partial charge in [0.2, 0.25) is 0 Å². The standard InChI is InChI=1S/C17H27N3O/c1-6-9-18-16(11(2)3)17(21)13-7-8-15-14(10-13)19-12(4)20(15)5/h7-8,10-11,16-18,21H,6,9H2,1-5H3. The molecule has 2 rings (SSSR count). The Kier molecular flexibility index (Phi) is 5.01. The largest absolute Gasteiger partial charge is 0.387 e. The summed E-state index contributed by atoms with van der Waals surface area (Å²) < 4.78 is 2.07. The zero-order valence-electron chi connectivity index (χ0n) is 13.7. The minimum atomic E-state index is -0.511. The normalized spacial score (nSPS) is 14.8. The van der Waals surface area contributed by atoms with Gasteiger partial charge in [-0.05, 0) is 43.5 Å². The number of aliphatic hydroxyl groups is 1. The molecule has 0 amide bonds. The zero-order chi connectivity index (χ0) is 15.6. The quantitative estimate of drug-likeness (QED) is 0.859. The van der Waals surface area contributed by atoms with Crippen LogP contribution >= 0.6 is 0 Å². The first-order valence-corrected chi connectivity index (χ1v) is 7.80. The van der Waals surface area contributed by atoms with Crippen LogP contribution in [0.4, 0.5) is 0 Å². The Morgan fingerprint density at radius 2 is 2.05 bits per heavy atom. The van der Waals surface area contributed by atoms with E-state index in [2.05, 4.69) is 35.6 Å². The highest BCUT2D eigenvalue weighted by Gasteiger charge is 2.23. The van der Waals surface area contributed by atoms with Crippen molar-refractivity contribution < 1.29 is 5.11 Å². The van der Waals surface area contributed by atoms with E-state index < -0.39 is 6.10 Å². The highest BCUT2D eigenvalue weighted by molar-refractivity contribution is 5.76. The van der Waals surface area contributed by atoms with Crippen LogP contribution in [0.15, 0.2) is 18.2 Å². The number of aryl methyl sites for hydroxylation is 2. The summed E-state index contributed by atoms with van der Waals surface area (Å²) in [6, 6.07) is 6.13. The SMILES string of the molecule is CCCNC(C(C)C)C(O)c1ccc2c(c1)nc(C)n2C. The van der Waals surface area contributed by atoms with Gasteiger partial charge >= 0.3 is 0 Å². The van der Waals surface area contributed by atoms with Gasteiger partial charge in [-0.3, -0.25) is 0 Å². The molecule has 4 nitrogen and oxygen atoms in total. The van der Waals surface area contributed by atoms with Gasteiger partial charge in [0.15, 0.2) is 0 Å². The number of benzene rings is 1. The molecule has 0 saturated carbocycles. The summed E-state index contributed by atoms with van der Waals surface area (Å²) in [5, 5.41) is 14.2. The van der Waals surface area contributed by atoms with Gasteiger partial charge in [-0.1, -0.05) is 26.8 Å². The smallest absolute Gasteiger partial charge is 0.106 e. The summed E-state index contributed by atoms with van der Waals surface area (Å²) in [5.74, 6) is 1.36. The number of aromatic nitrogens is 2. The predicted molar refractivity (Wildman–Crippen MR) is 87.3 cm³/mol. The second kappa shape index (κ2) is 6.58. The fraction of sp³-hybridized carbons (Fsp3) is 0.588. The van der Waals surface area contributed by atoms with Crippen molar-refractivity contribution in [2.24, 2.45) is 13.0 Å². The number of hydrogen-bond acceptors (Lipinski definition) is 3. The molecule has 0 fully saturated rings. The second-order valence-electron chi connectivity index (χ2n) is 6.13. The number of nitrogens with zero attached hydrogens (tertiary/aromatic N) is 2. The summed E-state index contributed by atoms with van der Waals surface area (Å²) in [5.41, 5.74) is 2.98. The average molecular weight is 289 g/mol. The van der Waals surface area contributed by atoms with Gasteiger partial charge in [0.25, 0.3) is 0 Å². The molecule has 2 N–H and O–H groups in total. The van der Waals surface area contributed by atoms with E-state index in [0.29, 0.717) is 5.92 Å². The molecule has 116 valence electrons. The molecule has 2 aromatic rings. The molecular formula is C17H27N3O. The molecule has 0 aliphatic heterocycles. The predicted octanol–water partition coefficient (Wildman–Crippen LogP) is 2.94. The van der Waals surface area contributed by atoms with Gasteiger partial charge in [-0.15, -0.1) is 0 Å². The van der Waals surface area contributed by atoms with Crippen molar-refractivity contribution in [3.63, 3.8) is 0 Å². The van der Waals surface area contributed by atoms with Crippen molar-refractivity contribution in [1.29, 1.82) is 0 Å². The monoisotopic (exact) mass is 289 g/mol. The first-order chi connectivity index (χ1) is 9.95. The van der Waals surface area contributed by atoms with E-state index >= 15 is 0 Å². The minimum Gasteiger partial charge on any atom is -0.387 e. The van der Waals surface area contributed by atoms with Crippen LogP contribution in [0, 0.1) is 12.8 Å². The van der Waals surface area contributed by atoms with Crippen LogP contribution in [0.25, 0.3) is 11.0 Å². The third kappa shape index (κ3) is 3.27. The number of hydrogen-bond donors (Lipinski definition) is 2. The summed E-state index contributed by atoms with van der Waals surface area (Å²) in [6.07, 6.45) is 0.553. The van der Waals surface area contributed by atoms with E-state index in [1.54, 1.807) is 0 Å². The second-order valence-corrected chi connectivity index (χ2v) is 6.13. The number of fused-ring (bicyclic) bond motifs is 1. The highest BCUT2D eigenvalue weighted by Crippen LogP contribution is 2.25. The van der Waals surface area contributed by atoms with Gasteiger partial charge in [0, 0.05) is 13.1 Å². The zero-order valence-corrected chi connectivity index (χ0v) is 13.7. The van der Waals surface area contributed by atoms with Gasteiger partial charge in [0.1, 0.15) is 5.82 Å². The van der Waals surface area contributed by atoms with Gasteiger partial charge in [-0.2, -0.15) is 0 Å². The molecule has 4 heteroatoms. The molecule has 0 bridgehead atoms. The third-order valence-corrected chi connectivity index (χ3v) is 4.16. The lowest BCUT2D eigenvalue weighted by atomic mass is 9.93. The first kappa shape index (κ1) is 16.0. The van der Waals surface area contributed by atoms with Crippen molar-refractivity contribution in [3.05, 3.63) is 29.6 Å². The molecule has 0 spiro atoms. The Balaban J connectivity index is 2.30. The maximum absolute atomic E-state index is 10.7. The number of imidazole rings is 1. The van der Waals surface area contributed by atoms with Crippen LogP contribution in [0.5, 0.6) is 0 Å².